The van der Waals surface area contributed by atoms with Crippen molar-refractivity contribution < 1.29 is 14.3 Å². The van der Waals surface area contributed by atoms with Crippen molar-refractivity contribution in [1.29, 1.82) is 0 Å². The number of carbonyl (C=O) groups excluding carboxylic acids is 2. The fourth-order valence-corrected chi connectivity index (χ4v) is 3.21. The molecule has 7 heteroatoms. The first-order valence-corrected chi connectivity index (χ1v) is 8.32. The molecule has 1 aromatic carbocycles. The average Bonchev–Trinajstić information content (AvgIpc) is 3.04. The van der Waals surface area contributed by atoms with Gasteiger partial charge in [0.25, 0.3) is 5.91 Å². The van der Waals surface area contributed by atoms with Crippen LogP contribution in [-0.4, -0.2) is 29.0 Å². The molecule has 25 heavy (non-hydrogen) atoms. The molecule has 0 unspecified atom stereocenters. The summed E-state index contributed by atoms with van der Waals surface area (Å²) in [6.45, 7) is 0. The number of carbonyl (C=O) groups is 2. The first-order chi connectivity index (χ1) is 12.2. The van der Waals surface area contributed by atoms with E-state index in [-0.39, 0.29) is 11.6 Å². The maximum atomic E-state index is 12.2. The quantitative estimate of drug-likeness (QED) is 0.713. The molecule has 0 atom stereocenters. The molecule has 0 aliphatic carbocycles. The van der Waals surface area contributed by atoms with Gasteiger partial charge >= 0.3 is 5.97 Å². The summed E-state index contributed by atoms with van der Waals surface area (Å²) in [5, 5.41) is 3.05. The lowest BCUT2D eigenvalue weighted by atomic mass is 10.1. The number of benzene rings is 1. The van der Waals surface area contributed by atoms with Gasteiger partial charge in [0, 0.05) is 23.7 Å². The zero-order valence-corrected chi connectivity index (χ0v) is 14.2. The number of nitrogens with one attached hydrogen (secondary N) is 1. The molecule has 3 aromatic rings. The van der Waals surface area contributed by atoms with E-state index in [0.29, 0.717) is 17.1 Å². The van der Waals surface area contributed by atoms with E-state index in [1.54, 1.807) is 18.3 Å². The molecule has 2 heterocycles. The van der Waals surface area contributed by atoms with Crippen LogP contribution in [0.5, 0.6) is 0 Å². The SMILES string of the molecule is COC(=O)c1nc(NC(=O)c2cccnc2)sc1Cc1ccccc1. The lowest BCUT2D eigenvalue weighted by Crippen LogP contribution is -2.12. The number of ether oxygens (including phenoxy) is 1. The smallest absolute Gasteiger partial charge is 0.357 e. The van der Waals surface area contributed by atoms with Gasteiger partial charge in [-0.15, -0.1) is 11.3 Å². The van der Waals surface area contributed by atoms with Gasteiger partial charge in [-0.2, -0.15) is 0 Å². The van der Waals surface area contributed by atoms with Gasteiger partial charge in [-0.05, 0) is 17.7 Å². The number of hydrogen-bond acceptors (Lipinski definition) is 6. The van der Waals surface area contributed by atoms with E-state index in [9.17, 15) is 9.59 Å². The van der Waals surface area contributed by atoms with Crippen molar-refractivity contribution in [2.45, 2.75) is 6.42 Å². The second-order valence-corrected chi connectivity index (χ2v) is 6.22. The molecule has 0 fully saturated rings. The molecule has 0 saturated carbocycles. The minimum Gasteiger partial charge on any atom is -0.464 e. The van der Waals surface area contributed by atoms with E-state index in [2.05, 4.69) is 15.3 Å². The number of hydrogen-bond donors (Lipinski definition) is 1. The third-order valence-corrected chi connectivity index (χ3v) is 4.40. The second-order valence-electron chi connectivity index (χ2n) is 5.14. The zero-order valence-electron chi connectivity index (χ0n) is 13.4. The Balaban J connectivity index is 1.85. The van der Waals surface area contributed by atoms with E-state index in [0.717, 1.165) is 10.4 Å². The minimum absolute atomic E-state index is 0.220. The number of esters is 1. The van der Waals surface area contributed by atoms with Crippen LogP contribution in [0.2, 0.25) is 0 Å². The molecule has 0 radical (unpaired) electrons. The molecule has 0 aliphatic rings. The second kappa shape index (κ2) is 7.67. The minimum atomic E-state index is -0.524. The lowest BCUT2D eigenvalue weighted by molar-refractivity contribution is 0.0593. The summed E-state index contributed by atoms with van der Waals surface area (Å²) in [6, 6.07) is 13.1. The van der Waals surface area contributed by atoms with Gasteiger partial charge in [0.2, 0.25) is 0 Å². The van der Waals surface area contributed by atoms with Crippen molar-refractivity contribution >= 4 is 28.3 Å². The molecule has 0 aliphatic heterocycles. The van der Waals surface area contributed by atoms with Crippen LogP contribution in [0.25, 0.3) is 0 Å². The Labute approximate surface area is 148 Å². The van der Waals surface area contributed by atoms with E-state index in [1.165, 1.54) is 24.6 Å². The summed E-state index contributed by atoms with van der Waals surface area (Å²) in [5.41, 5.74) is 1.68. The van der Waals surface area contributed by atoms with Crippen molar-refractivity contribution in [3.8, 4) is 0 Å². The summed E-state index contributed by atoms with van der Waals surface area (Å²) in [5.74, 6) is -0.853. The highest BCUT2D eigenvalue weighted by atomic mass is 32.1. The molecule has 3 rings (SSSR count). The molecular formula is C18H15N3O3S. The van der Waals surface area contributed by atoms with Crippen LogP contribution >= 0.6 is 11.3 Å². The normalized spacial score (nSPS) is 10.3. The Morgan fingerprint density at radius 1 is 1.16 bits per heavy atom. The third-order valence-electron chi connectivity index (χ3n) is 3.43. The largest absolute Gasteiger partial charge is 0.464 e. The van der Waals surface area contributed by atoms with Crippen molar-refractivity contribution in [2.75, 3.05) is 12.4 Å². The van der Waals surface area contributed by atoms with Gasteiger partial charge in [0.1, 0.15) is 0 Å². The van der Waals surface area contributed by atoms with Crippen molar-refractivity contribution in [2.24, 2.45) is 0 Å². The van der Waals surface area contributed by atoms with Gasteiger partial charge in [-0.1, -0.05) is 30.3 Å². The van der Waals surface area contributed by atoms with Crippen molar-refractivity contribution in [3.63, 3.8) is 0 Å². The average molecular weight is 353 g/mol. The molecule has 2 aromatic heterocycles. The van der Waals surface area contributed by atoms with Crippen molar-refractivity contribution in [1.82, 2.24) is 9.97 Å². The molecule has 0 bridgehead atoms. The number of methoxy groups -OCH3 is 1. The molecule has 0 saturated heterocycles. The Hall–Kier alpha value is -3.06. The molecule has 1 N–H and O–H groups in total. The van der Waals surface area contributed by atoms with Gasteiger partial charge in [0.05, 0.1) is 12.7 Å². The van der Waals surface area contributed by atoms with E-state index in [4.69, 9.17) is 4.74 Å². The molecule has 6 nitrogen and oxygen atoms in total. The van der Waals surface area contributed by atoms with Crippen LogP contribution in [0, 0.1) is 0 Å². The monoisotopic (exact) mass is 353 g/mol. The highest BCUT2D eigenvalue weighted by Crippen LogP contribution is 2.26. The third kappa shape index (κ3) is 4.07. The van der Waals surface area contributed by atoms with E-state index < -0.39 is 5.97 Å². The summed E-state index contributed by atoms with van der Waals surface area (Å²) in [4.78, 5) is 33.1. The topological polar surface area (TPSA) is 81.2 Å². The molecule has 0 spiro atoms. The van der Waals surface area contributed by atoms with Crippen LogP contribution in [0.3, 0.4) is 0 Å². The summed E-state index contributed by atoms with van der Waals surface area (Å²) >= 11 is 1.26. The lowest BCUT2D eigenvalue weighted by Gasteiger charge is -2.00. The fraction of sp³-hybridized carbons (Fsp3) is 0.111. The van der Waals surface area contributed by atoms with Crippen LogP contribution in [0.15, 0.2) is 54.9 Å². The Bertz CT molecular complexity index is 879. The summed E-state index contributed by atoms with van der Waals surface area (Å²) in [6.07, 6.45) is 3.59. The summed E-state index contributed by atoms with van der Waals surface area (Å²) in [7, 11) is 1.31. The first kappa shape index (κ1) is 16.8. The van der Waals surface area contributed by atoms with Crippen molar-refractivity contribution in [3.05, 3.63) is 76.6 Å². The van der Waals surface area contributed by atoms with E-state index in [1.807, 2.05) is 30.3 Å². The Morgan fingerprint density at radius 2 is 1.96 bits per heavy atom. The number of pyridine rings is 1. The number of anilines is 1. The highest BCUT2D eigenvalue weighted by molar-refractivity contribution is 7.16. The number of thiazole rings is 1. The number of rotatable bonds is 5. The van der Waals surface area contributed by atoms with Gasteiger partial charge in [0.15, 0.2) is 10.8 Å². The molecular weight excluding hydrogens is 338 g/mol. The Morgan fingerprint density at radius 3 is 2.64 bits per heavy atom. The Kier molecular flexibility index (Phi) is 5.15. The van der Waals surface area contributed by atoms with Gasteiger partial charge in [-0.3, -0.25) is 15.1 Å². The zero-order chi connectivity index (χ0) is 17.6. The fourth-order valence-electron chi connectivity index (χ4n) is 2.23. The maximum absolute atomic E-state index is 12.2. The van der Waals surface area contributed by atoms with Crippen LogP contribution in [0.4, 0.5) is 5.13 Å². The van der Waals surface area contributed by atoms with Crippen LogP contribution < -0.4 is 5.32 Å². The van der Waals surface area contributed by atoms with Crippen LogP contribution in [-0.2, 0) is 11.2 Å². The number of nitrogens with zero attached hydrogens (tertiary/aromatic N) is 2. The van der Waals surface area contributed by atoms with E-state index >= 15 is 0 Å². The summed E-state index contributed by atoms with van der Waals surface area (Å²) < 4.78 is 4.80. The molecule has 126 valence electrons. The number of amides is 1. The predicted molar refractivity (Wildman–Crippen MR) is 94.9 cm³/mol. The standard InChI is InChI=1S/C18H15N3O3S/c1-24-17(23)15-14(10-12-6-3-2-4-7-12)25-18(20-15)21-16(22)13-8-5-9-19-11-13/h2-9,11H,10H2,1H3,(H,20,21,22). The molecule has 1 amide bonds. The highest BCUT2D eigenvalue weighted by Gasteiger charge is 2.20. The van der Waals surface area contributed by atoms with Gasteiger partial charge < -0.3 is 4.74 Å². The first-order valence-electron chi connectivity index (χ1n) is 7.50. The predicted octanol–water partition coefficient (Wildman–Crippen LogP) is 3.17. The number of aromatic nitrogens is 2. The maximum Gasteiger partial charge on any atom is 0.357 e. The van der Waals surface area contributed by atoms with Gasteiger partial charge in [-0.25, -0.2) is 9.78 Å². The van der Waals surface area contributed by atoms with Crippen LogP contribution in [0.1, 0.15) is 31.3 Å².